The minimum atomic E-state index is -0.0293. The van der Waals surface area contributed by atoms with E-state index in [9.17, 15) is 0 Å². The van der Waals surface area contributed by atoms with Gasteiger partial charge in [-0.05, 0) is 46.3 Å². The molecule has 1 aliphatic rings. The van der Waals surface area contributed by atoms with E-state index in [1.54, 1.807) is 11.3 Å². The van der Waals surface area contributed by atoms with Crippen LogP contribution in [0.15, 0.2) is 34.1 Å². The van der Waals surface area contributed by atoms with Crippen molar-refractivity contribution in [3.63, 3.8) is 0 Å². The van der Waals surface area contributed by atoms with Crippen LogP contribution in [-0.4, -0.2) is 0 Å². The smallest absolute Gasteiger partial charge is 0.135 e. The largest absolute Gasteiger partial charge is 0.484 e. The molecular weight excluding hydrogens is 334 g/mol. The van der Waals surface area contributed by atoms with Gasteiger partial charge < -0.3 is 10.5 Å². The van der Waals surface area contributed by atoms with Crippen LogP contribution in [0.3, 0.4) is 0 Å². The molecule has 1 unspecified atom stereocenters. The van der Waals surface area contributed by atoms with Gasteiger partial charge in [-0.25, -0.2) is 0 Å². The highest BCUT2D eigenvalue weighted by molar-refractivity contribution is 9.11. The van der Waals surface area contributed by atoms with E-state index in [-0.39, 0.29) is 12.1 Å². The van der Waals surface area contributed by atoms with Crippen LogP contribution in [0.4, 0.5) is 0 Å². The van der Waals surface area contributed by atoms with Crippen molar-refractivity contribution in [3.05, 3.63) is 49.6 Å². The van der Waals surface area contributed by atoms with E-state index < -0.39 is 0 Å². The highest BCUT2D eigenvalue weighted by Crippen LogP contribution is 2.42. The van der Waals surface area contributed by atoms with Crippen LogP contribution >= 0.6 is 38.9 Å². The number of thiophene rings is 1. The van der Waals surface area contributed by atoms with E-state index in [2.05, 4.69) is 22.0 Å². The zero-order valence-corrected chi connectivity index (χ0v) is 12.6. The van der Waals surface area contributed by atoms with Gasteiger partial charge in [-0.3, -0.25) is 0 Å². The topological polar surface area (TPSA) is 35.2 Å². The number of fused-ring (bicyclic) bond motifs is 1. The van der Waals surface area contributed by atoms with E-state index in [4.69, 9.17) is 22.1 Å². The molecule has 0 spiro atoms. The predicted octanol–water partition coefficient (Wildman–Crippen LogP) is 4.69. The van der Waals surface area contributed by atoms with Gasteiger partial charge in [0.15, 0.2) is 0 Å². The first kappa shape index (κ1) is 12.5. The molecule has 18 heavy (non-hydrogen) atoms. The molecule has 0 bridgehead atoms. The zero-order chi connectivity index (χ0) is 12.7. The first-order valence-electron chi connectivity index (χ1n) is 5.60. The van der Waals surface area contributed by atoms with Crippen LogP contribution < -0.4 is 10.5 Å². The van der Waals surface area contributed by atoms with E-state index in [0.29, 0.717) is 5.02 Å². The Balaban J connectivity index is 1.94. The van der Waals surface area contributed by atoms with Gasteiger partial charge in [0.1, 0.15) is 11.9 Å². The minimum absolute atomic E-state index is 0.0293. The number of ether oxygens (including phenoxy) is 1. The molecule has 5 heteroatoms. The van der Waals surface area contributed by atoms with Crippen molar-refractivity contribution in [3.8, 4) is 5.75 Å². The molecule has 94 valence electrons. The summed E-state index contributed by atoms with van der Waals surface area (Å²) in [5, 5.41) is 0.699. The summed E-state index contributed by atoms with van der Waals surface area (Å²) >= 11 is 11.1. The lowest BCUT2D eigenvalue weighted by Crippen LogP contribution is -2.23. The van der Waals surface area contributed by atoms with Crippen molar-refractivity contribution in [2.45, 2.75) is 18.6 Å². The summed E-state index contributed by atoms with van der Waals surface area (Å²) in [7, 11) is 0. The molecule has 3 rings (SSSR count). The molecular formula is C13H11BrClNOS. The monoisotopic (exact) mass is 343 g/mol. The van der Waals surface area contributed by atoms with E-state index in [1.165, 1.54) is 4.88 Å². The Kier molecular flexibility index (Phi) is 3.36. The molecule has 2 nitrogen and oxygen atoms in total. The number of nitrogens with two attached hydrogens (primary N) is 1. The summed E-state index contributed by atoms with van der Waals surface area (Å²) in [4.78, 5) is 1.19. The van der Waals surface area contributed by atoms with Gasteiger partial charge in [-0.1, -0.05) is 11.6 Å². The fourth-order valence-corrected chi connectivity index (χ4v) is 3.80. The van der Waals surface area contributed by atoms with Crippen molar-refractivity contribution in [2.24, 2.45) is 5.73 Å². The van der Waals surface area contributed by atoms with Crippen molar-refractivity contribution in [2.75, 3.05) is 0 Å². The summed E-state index contributed by atoms with van der Waals surface area (Å²) < 4.78 is 7.12. The maximum atomic E-state index is 6.20. The van der Waals surface area contributed by atoms with Gasteiger partial charge >= 0.3 is 0 Å². The quantitative estimate of drug-likeness (QED) is 0.814. The summed E-state index contributed by atoms with van der Waals surface area (Å²) in [5.74, 6) is 0.840. The molecule has 0 saturated heterocycles. The van der Waals surface area contributed by atoms with Crippen molar-refractivity contribution >= 4 is 38.9 Å². The van der Waals surface area contributed by atoms with Gasteiger partial charge in [-0.2, -0.15) is 0 Å². The van der Waals surface area contributed by atoms with Crippen LogP contribution in [0.1, 0.15) is 29.0 Å². The van der Waals surface area contributed by atoms with Crippen LogP contribution in [0, 0.1) is 0 Å². The highest BCUT2D eigenvalue weighted by atomic mass is 79.9. The molecule has 1 aromatic carbocycles. The molecule has 2 atom stereocenters. The molecule has 2 heterocycles. The number of rotatable bonds is 1. The SMILES string of the molecule is N[C@@H]1CC(c2ccc(Br)s2)Oc2ccc(Cl)cc21. The maximum absolute atomic E-state index is 6.20. The third-order valence-corrected chi connectivity index (χ3v) is 4.97. The summed E-state index contributed by atoms with van der Waals surface area (Å²) in [6, 6.07) is 9.70. The number of hydrogen-bond donors (Lipinski definition) is 1. The van der Waals surface area contributed by atoms with Gasteiger partial charge in [-0.15, -0.1) is 11.3 Å². The maximum Gasteiger partial charge on any atom is 0.135 e. The normalized spacial score (nSPS) is 22.4. The Morgan fingerprint density at radius 3 is 2.89 bits per heavy atom. The molecule has 0 radical (unpaired) electrons. The first-order valence-corrected chi connectivity index (χ1v) is 7.59. The average molecular weight is 345 g/mol. The van der Waals surface area contributed by atoms with Crippen molar-refractivity contribution in [1.82, 2.24) is 0 Å². The minimum Gasteiger partial charge on any atom is -0.484 e. The van der Waals surface area contributed by atoms with Gasteiger partial charge in [0.25, 0.3) is 0 Å². The van der Waals surface area contributed by atoms with E-state index >= 15 is 0 Å². The second-order valence-electron chi connectivity index (χ2n) is 4.27. The standard InChI is InChI=1S/C13H11BrClNOS/c14-13-4-3-12(18-13)11-6-9(16)8-5-7(15)1-2-10(8)17-11/h1-5,9,11H,6,16H2/t9-,11?/m1/s1. The van der Waals surface area contributed by atoms with E-state index in [1.807, 2.05) is 24.3 Å². The highest BCUT2D eigenvalue weighted by Gasteiger charge is 2.28. The molecule has 0 saturated carbocycles. The number of benzene rings is 1. The molecule has 0 fully saturated rings. The lowest BCUT2D eigenvalue weighted by atomic mass is 9.97. The van der Waals surface area contributed by atoms with Gasteiger partial charge in [0, 0.05) is 27.9 Å². The molecule has 0 amide bonds. The Hall–Kier alpha value is -0.550. The van der Waals surface area contributed by atoms with Gasteiger partial charge in [0.2, 0.25) is 0 Å². The molecule has 1 aromatic heterocycles. The molecule has 2 N–H and O–H groups in total. The second-order valence-corrected chi connectivity index (χ2v) is 7.20. The van der Waals surface area contributed by atoms with Crippen LogP contribution in [-0.2, 0) is 0 Å². The first-order chi connectivity index (χ1) is 8.63. The lowest BCUT2D eigenvalue weighted by molar-refractivity contribution is 0.165. The fourth-order valence-electron chi connectivity index (χ4n) is 2.15. The zero-order valence-electron chi connectivity index (χ0n) is 9.40. The lowest BCUT2D eigenvalue weighted by Gasteiger charge is -2.29. The number of hydrogen-bond acceptors (Lipinski definition) is 3. The Labute approximate surface area is 123 Å². The fraction of sp³-hybridized carbons (Fsp3) is 0.231. The molecule has 2 aromatic rings. The second kappa shape index (κ2) is 4.85. The van der Waals surface area contributed by atoms with Crippen LogP contribution in [0.25, 0.3) is 0 Å². The Bertz CT molecular complexity index is 586. The molecule has 1 aliphatic heterocycles. The predicted molar refractivity (Wildman–Crippen MR) is 78.4 cm³/mol. The number of halogens is 2. The average Bonchev–Trinajstić information content (AvgIpc) is 2.77. The Morgan fingerprint density at radius 1 is 1.33 bits per heavy atom. The van der Waals surface area contributed by atoms with Crippen molar-refractivity contribution in [1.29, 1.82) is 0 Å². The summed E-state index contributed by atoms with van der Waals surface area (Å²) in [6.45, 7) is 0. The third kappa shape index (κ3) is 2.30. The summed E-state index contributed by atoms with van der Waals surface area (Å²) in [5.41, 5.74) is 7.20. The van der Waals surface area contributed by atoms with Crippen molar-refractivity contribution < 1.29 is 4.74 Å². The third-order valence-electron chi connectivity index (χ3n) is 3.02. The molecule has 0 aliphatic carbocycles. The van der Waals surface area contributed by atoms with Gasteiger partial charge in [0.05, 0.1) is 3.79 Å². The summed E-state index contributed by atoms with van der Waals surface area (Å²) in [6.07, 6.45) is 0.810. The Morgan fingerprint density at radius 2 is 2.17 bits per heavy atom. The van der Waals surface area contributed by atoms with E-state index in [0.717, 1.165) is 21.5 Å². The van der Waals surface area contributed by atoms with Crippen LogP contribution in [0.5, 0.6) is 5.75 Å². The van der Waals surface area contributed by atoms with Crippen LogP contribution in [0.2, 0.25) is 5.02 Å².